The number of morpholine rings is 1. The largest absolute Gasteiger partial charge is 0.389 e. The molecule has 32 heavy (non-hydrogen) atoms. The van der Waals surface area contributed by atoms with Gasteiger partial charge in [-0.05, 0) is 17.7 Å². The van der Waals surface area contributed by atoms with Crippen LogP contribution >= 0.6 is 0 Å². The molecular weight excluding hydrogens is 408 g/mol. The van der Waals surface area contributed by atoms with Crippen molar-refractivity contribution in [2.75, 3.05) is 59.7 Å². The molecule has 1 N–H and O–H groups in total. The van der Waals surface area contributed by atoms with Crippen LogP contribution in [0.4, 0.5) is 0 Å². The second-order valence-electron chi connectivity index (χ2n) is 8.02. The summed E-state index contributed by atoms with van der Waals surface area (Å²) in [6.07, 6.45) is -0.696. The highest BCUT2D eigenvalue weighted by molar-refractivity contribution is 5.94. The van der Waals surface area contributed by atoms with Gasteiger partial charge in [0.1, 0.15) is 0 Å². The number of carbonyl (C=O) groups excluding carboxylic acids is 1. The van der Waals surface area contributed by atoms with Crippen LogP contribution in [0.5, 0.6) is 0 Å². The zero-order valence-electron chi connectivity index (χ0n) is 18.8. The van der Waals surface area contributed by atoms with E-state index in [2.05, 4.69) is 4.90 Å². The van der Waals surface area contributed by atoms with Crippen molar-refractivity contribution < 1.29 is 24.1 Å². The smallest absolute Gasteiger partial charge is 0.254 e. The topological polar surface area (TPSA) is 71.5 Å². The summed E-state index contributed by atoms with van der Waals surface area (Å²) in [7, 11) is 1.63. The van der Waals surface area contributed by atoms with Gasteiger partial charge in [0.15, 0.2) is 0 Å². The molecule has 174 valence electrons. The Morgan fingerprint density at radius 2 is 1.91 bits per heavy atom. The number of β-amino-alcohol motifs (C(OH)–C–C–N with tert-alkyl or cyclic N) is 1. The predicted molar refractivity (Wildman–Crippen MR) is 123 cm³/mol. The van der Waals surface area contributed by atoms with Crippen molar-refractivity contribution in [2.24, 2.45) is 0 Å². The Morgan fingerprint density at radius 1 is 1.19 bits per heavy atom. The number of ether oxygens (including phenoxy) is 3. The Kier molecular flexibility index (Phi) is 10.1. The van der Waals surface area contributed by atoms with Gasteiger partial charge < -0.3 is 24.2 Å². The van der Waals surface area contributed by atoms with Crippen LogP contribution in [0.3, 0.4) is 0 Å². The summed E-state index contributed by atoms with van der Waals surface area (Å²) in [6.45, 7) is 4.70. The van der Waals surface area contributed by atoms with E-state index < -0.39 is 6.10 Å². The lowest BCUT2D eigenvalue weighted by Crippen LogP contribution is -2.51. The number of aliphatic hydroxyl groups excluding tert-OH is 1. The van der Waals surface area contributed by atoms with Crippen molar-refractivity contribution >= 4 is 5.91 Å². The Bertz CT molecular complexity index is 789. The van der Waals surface area contributed by atoms with E-state index in [1.165, 1.54) is 0 Å². The minimum absolute atomic E-state index is 0.0299. The van der Waals surface area contributed by atoms with Gasteiger partial charge in [-0.3, -0.25) is 9.69 Å². The number of rotatable bonds is 12. The van der Waals surface area contributed by atoms with E-state index in [0.29, 0.717) is 51.6 Å². The van der Waals surface area contributed by atoms with Gasteiger partial charge in [0.2, 0.25) is 0 Å². The minimum Gasteiger partial charge on any atom is -0.389 e. The van der Waals surface area contributed by atoms with Crippen molar-refractivity contribution in [3.05, 3.63) is 71.8 Å². The van der Waals surface area contributed by atoms with Gasteiger partial charge in [0.05, 0.1) is 38.6 Å². The van der Waals surface area contributed by atoms with E-state index in [0.717, 1.165) is 12.1 Å². The third-order valence-corrected chi connectivity index (χ3v) is 5.41. The number of carbonyl (C=O) groups is 1. The van der Waals surface area contributed by atoms with E-state index >= 15 is 0 Å². The van der Waals surface area contributed by atoms with Crippen molar-refractivity contribution in [2.45, 2.75) is 18.8 Å². The molecule has 2 atom stereocenters. The highest BCUT2D eigenvalue weighted by atomic mass is 16.5. The second-order valence-corrected chi connectivity index (χ2v) is 8.02. The van der Waals surface area contributed by atoms with Crippen LogP contribution in [-0.4, -0.2) is 92.7 Å². The van der Waals surface area contributed by atoms with E-state index in [-0.39, 0.29) is 18.6 Å². The number of aliphatic hydroxyl groups is 1. The first-order chi connectivity index (χ1) is 15.7. The Balaban J connectivity index is 1.47. The van der Waals surface area contributed by atoms with E-state index in [4.69, 9.17) is 14.2 Å². The molecule has 3 rings (SSSR count). The van der Waals surface area contributed by atoms with Crippen molar-refractivity contribution in [1.29, 1.82) is 0 Å². The van der Waals surface area contributed by atoms with Gasteiger partial charge in [-0.15, -0.1) is 0 Å². The van der Waals surface area contributed by atoms with Gasteiger partial charge >= 0.3 is 0 Å². The fourth-order valence-electron chi connectivity index (χ4n) is 3.78. The molecule has 2 aromatic carbocycles. The fourth-order valence-corrected chi connectivity index (χ4v) is 3.78. The Morgan fingerprint density at radius 3 is 2.62 bits per heavy atom. The molecule has 0 bridgehead atoms. The molecule has 0 radical (unpaired) electrons. The SMILES string of the molecule is COCCN(CC1CN(CC(O)COCc2ccccc2)CCO1)C(=O)c1ccccc1. The van der Waals surface area contributed by atoms with Gasteiger partial charge in [-0.25, -0.2) is 0 Å². The highest BCUT2D eigenvalue weighted by Crippen LogP contribution is 2.12. The molecule has 2 aromatic rings. The molecule has 1 amide bonds. The lowest BCUT2D eigenvalue weighted by atomic mass is 10.1. The summed E-state index contributed by atoms with van der Waals surface area (Å²) in [5, 5.41) is 10.4. The van der Waals surface area contributed by atoms with E-state index in [1.807, 2.05) is 60.7 Å². The maximum atomic E-state index is 13.0. The number of amides is 1. The third-order valence-electron chi connectivity index (χ3n) is 5.41. The fraction of sp³-hybridized carbons (Fsp3) is 0.480. The van der Waals surface area contributed by atoms with Crippen molar-refractivity contribution in [3.8, 4) is 0 Å². The quantitative estimate of drug-likeness (QED) is 0.543. The summed E-state index contributed by atoms with van der Waals surface area (Å²) in [5.41, 5.74) is 1.74. The molecule has 1 fully saturated rings. The standard InChI is InChI=1S/C25H34N2O5/c1-30-14-13-27(25(29)22-10-6-3-7-11-22)18-24-17-26(12-15-32-24)16-23(28)20-31-19-21-8-4-2-5-9-21/h2-11,23-24,28H,12-20H2,1H3. The van der Waals surface area contributed by atoms with Gasteiger partial charge in [-0.1, -0.05) is 48.5 Å². The Hall–Kier alpha value is -2.29. The average Bonchev–Trinajstić information content (AvgIpc) is 2.83. The van der Waals surface area contributed by atoms with Crippen LogP contribution in [-0.2, 0) is 20.8 Å². The molecule has 1 aliphatic heterocycles. The normalized spacial score (nSPS) is 17.8. The molecule has 2 unspecified atom stereocenters. The van der Waals surface area contributed by atoms with Crippen molar-refractivity contribution in [3.63, 3.8) is 0 Å². The number of benzene rings is 2. The maximum Gasteiger partial charge on any atom is 0.254 e. The molecule has 1 heterocycles. The van der Waals surface area contributed by atoms with Crippen LogP contribution < -0.4 is 0 Å². The third kappa shape index (κ3) is 8.00. The maximum absolute atomic E-state index is 13.0. The first-order valence-corrected chi connectivity index (χ1v) is 11.1. The second kappa shape index (κ2) is 13.3. The van der Waals surface area contributed by atoms with E-state index in [9.17, 15) is 9.90 Å². The zero-order valence-corrected chi connectivity index (χ0v) is 18.8. The molecule has 0 aliphatic carbocycles. The van der Waals surface area contributed by atoms with E-state index in [1.54, 1.807) is 12.0 Å². The molecule has 1 aliphatic rings. The number of nitrogens with zero attached hydrogens (tertiary/aromatic N) is 2. The van der Waals surface area contributed by atoms with Crippen LogP contribution in [0, 0.1) is 0 Å². The van der Waals surface area contributed by atoms with Crippen molar-refractivity contribution in [1.82, 2.24) is 9.80 Å². The minimum atomic E-state index is -0.576. The summed E-state index contributed by atoms with van der Waals surface area (Å²) in [5.74, 6) is -0.0299. The predicted octanol–water partition coefficient (Wildman–Crippen LogP) is 2.05. The molecule has 1 saturated heterocycles. The highest BCUT2D eigenvalue weighted by Gasteiger charge is 2.26. The van der Waals surface area contributed by atoms with Crippen LogP contribution in [0.2, 0.25) is 0 Å². The number of hydrogen-bond acceptors (Lipinski definition) is 6. The first kappa shape index (κ1) is 24.4. The lowest BCUT2D eigenvalue weighted by Gasteiger charge is -2.36. The lowest BCUT2D eigenvalue weighted by molar-refractivity contribution is -0.0605. The first-order valence-electron chi connectivity index (χ1n) is 11.1. The molecule has 7 nitrogen and oxygen atoms in total. The van der Waals surface area contributed by atoms with Gasteiger partial charge in [0.25, 0.3) is 5.91 Å². The molecule has 0 saturated carbocycles. The molecular formula is C25H34N2O5. The summed E-state index contributed by atoms with van der Waals surface area (Å²) in [4.78, 5) is 16.9. The summed E-state index contributed by atoms with van der Waals surface area (Å²) < 4.78 is 16.8. The summed E-state index contributed by atoms with van der Waals surface area (Å²) >= 11 is 0. The van der Waals surface area contributed by atoms with Crippen LogP contribution in [0.25, 0.3) is 0 Å². The van der Waals surface area contributed by atoms with Crippen LogP contribution in [0.15, 0.2) is 60.7 Å². The zero-order chi connectivity index (χ0) is 22.6. The average molecular weight is 443 g/mol. The van der Waals surface area contributed by atoms with Gasteiger partial charge in [0, 0.05) is 45.4 Å². The molecule has 0 aromatic heterocycles. The number of hydrogen-bond donors (Lipinski definition) is 1. The molecule has 0 spiro atoms. The van der Waals surface area contributed by atoms with Crippen LogP contribution in [0.1, 0.15) is 15.9 Å². The summed E-state index contributed by atoms with van der Waals surface area (Å²) in [6, 6.07) is 19.2. The van der Waals surface area contributed by atoms with Gasteiger partial charge in [-0.2, -0.15) is 0 Å². The monoisotopic (exact) mass is 442 g/mol. The number of methoxy groups -OCH3 is 1. The molecule has 7 heteroatoms. The Labute approximate surface area is 190 Å².